The molecule has 2 rings (SSSR count). The molecule has 0 saturated heterocycles. The van der Waals surface area contributed by atoms with Gasteiger partial charge in [-0.2, -0.15) is 0 Å². The first kappa shape index (κ1) is 17.2. The Labute approximate surface area is 138 Å². The minimum atomic E-state index is -0.0285. The molecule has 20 heavy (non-hydrogen) atoms. The van der Waals surface area contributed by atoms with Gasteiger partial charge in [0.25, 0.3) is 0 Å². The van der Waals surface area contributed by atoms with Gasteiger partial charge in [0.15, 0.2) is 0 Å². The smallest absolute Gasteiger partial charge is 0.323 e. The molecule has 0 fully saturated rings. The number of hydrogen-bond donors (Lipinski definition) is 0. The minimum absolute atomic E-state index is 0. The molecule has 112 valence electrons. The van der Waals surface area contributed by atoms with E-state index in [0.29, 0.717) is 6.54 Å². The summed E-state index contributed by atoms with van der Waals surface area (Å²) in [6.45, 7) is 7.46. The number of allylic oxidation sites excluding steroid dienone is 1. The van der Waals surface area contributed by atoms with Crippen molar-refractivity contribution in [3.63, 3.8) is 0 Å². The molecule has 0 spiro atoms. The zero-order valence-electron chi connectivity index (χ0n) is 12.7. The number of likely N-dealkylation sites (N-methyl/N-ethyl adjacent to an activating group) is 1. The Kier molecular flexibility index (Phi) is 5.79. The number of hydrogen-bond acceptors (Lipinski definition) is 2. The quantitative estimate of drug-likeness (QED) is 0.568. The zero-order chi connectivity index (χ0) is 14.0. The van der Waals surface area contributed by atoms with Crippen molar-refractivity contribution in [2.45, 2.75) is 40.0 Å². The van der Waals surface area contributed by atoms with Crippen LogP contribution in [-0.2, 0) is 0 Å². The van der Waals surface area contributed by atoms with Crippen LogP contribution in [0.4, 0.5) is 4.79 Å². The third kappa shape index (κ3) is 3.62. The SMILES string of the molecule is CC1=C(CN(C)C(=O)n2ccnc2)C(C)(C)CCC1.I. The van der Waals surface area contributed by atoms with Gasteiger partial charge in [0.05, 0.1) is 0 Å². The maximum absolute atomic E-state index is 12.2. The van der Waals surface area contributed by atoms with E-state index >= 15 is 0 Å². The summed E-state index contributed by atoms with van der Waals surface area (Å²) in [5.41, 5.74) is 3.06. The van der Waals surface area contributed by atoms with E-state index in [2.05, 4.69) is 25.8 Å². The summed E-state index contributed by atoms with van der Waals surface area (Å²) in [7, 11) is 1.85. The summed E-state index contributed by atoms with van der Waals surface area (Å²) in [6.07, 6.45) is 8.47. The molecule has 1 aromatic rings. The average Bonchev–Trinajstić information content (AvgIpc) is 2.86. The highest BCUT2D eigenvalue weighted by atomic mass is 127. The van der Waals surface area contributed by atoms with Gasteiger partial charge in [-0.15, -0.1) is 24.0 Å². The van der Waals surface area contributed by atoms with Crippen molar-refractivity contribution < 1.29 is 4.79 Å². The van der Waals surface area contributed by atoms with Crippen LogP contribution in [0.3, 0.4) is 0 Å². The molecule has 0 atom stereocenters. The lowest BCUT2D eigenvalue weighted by molar-refractivity contribution is 0.209. The highest BCUT2D eigenvalue weighted by Crippen LogP contribution is 2.40. The van der Waals surface area contributed by atoms with Crippen molar-refractivity contribution in [3.05, 3.63) is 29.9 Å². The minimum Gasteiger partial charge on any atom is -0.323 e. The number of nitrogens with zero attached hydrogens (tertiary/aromatic N) is 3. The van der Waals surface area contributed by atoms with Gasteiger partial charge in [-0.05, 0) is 37.2 Å². The first-order valence-electron chi connectivity index (χ1n) is 6.84. The van der Waals surface area contributed by atoms with E-state index in [4.69, 9.17) is 0 Å². The standard InChI is InChI=1S/C15H23N3O.HI/c1-12-6-5-7-15(2,3)13(12)10-17(4)14(19)18-9-8-16-11-18;/h8-9,11H,5-7,10H2,1-4H3;1H. The third-order valence-electron chi connectivity index (χ3n) is 4.13. The second-order valence-corrected chi connectivity index (χ2v) is 6.10. The second kappa shape index (κ2) is 6.74. The molecule has 1 aliphatic carbocycles. The lowest BCUT2D eigenvalue weighted by Gasteiger charge is -2.36. The largest absolute Gasteiger partial charge is 0.329 e. The molecule has 0 bridgehead atoms. The molecule has 1 heterocycles. The second-order valence-electron chi connectivity index (χ2n) is 6.10. The Hall–Kier alpha value is -0.850. The summed E-state index contributed by atoms with van der Waals surface area (Å²) >= 11 is 0. The Morgan fingerprint density at radius 3 is 2.75 bits per heavy atom. The third-order valence-corrected chi connectivity index (χ3v) is 4.13. The fraction of sp³-hybridized carbons (Fsp3) is 0.600. The van der Waals surface area contributed by atoms with Gasteiger partial charge in [0.1, 0.15) is 6.33 Å². The van der Waals surface area contributed by atoms with Crippen LogP contribution in [-0.4, -0.2) is 34.1 Å². The molecule has 1 aromatic heterocycles. The van der Waals surface area contributed by atoms with E-state index in [1.807, 2.05) is 7.05 Å². The average molecular weight is 389 g/mol. The lowest BCUT2D eigenvalue weighted by atomic mass is 9.72. The molecule has 0 N–H and O–H groups in total. The van der Waals surface area contributed by atoms with Crippen LogP contribution in [0.5, 0.6) is 0 Å². The van der Waals surface area contributed by atoms with E-state index in [0.717, 1.165) is 6.42 Å². The van der Waals surface area contributed by atoms with Gasteiger partial charge >= 0.3 is 6.03 Å². The number of halogens is 1. The summed E-state index contributed by atoms with van der Waals surface area (Å²) in [4.78, 5) is 17.9. The molecule has 1 amide bonds. The van der Waals surface area contributed by atoms with Gasteiger partial charge in [-0.3, -0.25) is 4.57 Å². The number of carbonyl (C=O) groups excluding carboxylic acids is 1. The summed E-state index contributed by atoms with van der Waals surface area (Å²) in [5.74, 6) is 0. The zero-order valence-corrected chi connectivity index (χ0v) is 15.0. The normalized spacial score (nSPS) is 17.6. The molecular formula is C15H24IN3O. The van der Waals surface area contributed by atoms with Crippen molar-refractivity contribution in [1.29, 1.82) is 0 Å². The van der Waals surface area contributed by atoms with Crippen LogP contribution in [0.25, 0.3) is 0 Å². The fourth-order valence-corrected chi connectivity index (χ4v) is 2.90. The van der Waals surface area contributed by atoms with E-state index < -0.39 is 0 Å². The van der Waals surface area contributed by atoms with Crippen LogP contribution >= 0.6 is 24.0 Å². The van der Waals surface area contributed by atoms with Gasteiger partial charge in [0.2, 0.25) is 0 Å². The maximum Gasteiger partial charge on any atom is 0.329 e. The number of rotatable bonds is 2. The number of amides is 1. The lowest BCUT2D eigenvalue weighted by Crippen LogP contribution is -2.36. The highest BCUT2D eigenvalue weighted by molar-refractivity contribution is 14.0. The van der Waals surface area contributed by atoms with Crippen LogP contribution in [0.1, 0.15) is 40.0 Å². The summed E-state index contributed by atoms with van der Waals surface area (Å²) in [6, 6.07) is -0.0285. The number of aromatic nitrogens is 2. The van der Waals surface area contributed by atoms with Crippen molar-refractivity contribution in [2.75, 3.05) is 13.6 Å². The van der Waals surface area contributed by atoms with Crippen LogP contribution in [0.2, 0.25) is 0 Å². The molecule has 0 saturated carbocycles. The molecular weight excluding hydrogens is 365 g/mol. The fourth-order valence-electron chi connectivity index (χ4n) is 2.90. The number of imidazole rings is 1. The highest BCUT2D eigenvalue weighted by Gasteiger charge is 2.29. The first-order chi connectivity index (χ1) is 8.92. The predicted molar refractivity (Wildman–Crippen MR) is 91.4 cm³/mol. The molecule has 0 radical (unpaired) electrons. The van der Waals surface area contributed by atoms with Crippen LogP contribution in [0, 0.1) is 5.41 Å². The monoisotopic (exact) mass is 389 g/mol. The predicted octanol–water partition coefficient (Wildman–Crippen LogP) is 3.93. The molecule has 1 aliphatic rings. The van der Waals surface area contributed by atoms with Crippen molar-refractivity contribution in [3.8, 4) is 0 Å². The van der Waals surface area contributed by atoms with Gasteiger partial charge in [0, 0.05) is 26.0 Å². The topological polar surface area (TPSA) is 38.1 Å². The molecule has 0 aliphatic heterocycles. The molecule has 0 aromatic carbocycles. The Morgan fingerprint density at radius 2 is 2.20 bits per heavy atom. The number of carbonyl (C=O) groups is 1. The summed E-state index contributed by atoms with van der Waals surface area (Å²) in [5, 5.41) is 0. The van der Waals surface area contributed by atoms with Crippen LogP contribution < -0.4 is 0 Å². The Balaban J connectivity index is 0.00000200. The molecule has 5 heteroatoms. The van der Waals surface area contributed by atoms with Gasteiger partial charge < -0.3 is 4.90 Å². The van der Waals surface area contributed by atoms with E-state index in [-0.39, 0.29) is 35.4 Å². The summed E-state index contributed by atoms with van der Waals surface area (Å²) < 4.78 is 1.52. The van der Waals surface area contributed by atoms with Gasteiger partial charge in [-0.25, -0.2) is 9.78 Å². The van der Waals surface area contributed by atoms with Gasteiger partial charge in [-0.1, -0.05) is 19.4 Å². The van der Waals surface area contributed by atoms with Crippen LogP contribution in [0.15, 0.2) is 29.9 Å². The van der Waals surface area contributed by atoms with Crippen molar-refractivity contribution in [1.82, 2.24) is 14.5 Å². The van der Waals surface area contributed by atoms with Crippen molar-refractivity contribution >= 4 is 30.0 Å². The first-order valence-corrected chi connectivity index (χ1v) is 6.84. The van der Waals surface area contributed by atoms with Crippen molar-refractivity contribution in [2.24, 2.45) is 5.41 Å². The maximum atomic E-state index is 12.2. The Bertz CT molecular complexity index is 491. The van der Waals surface area contributed by atoms with E-state index in [1.54, 1.807) is 23.6 Å². The Morgan fingerprint density at radius 1 is 1.50 bits per heavy atom. The van der Waals surface area contributed by atoms with E-state index in [1.165, 1.54) is 28.6 Å². The van der Waals surface area contributed by atoms with E-state index in [9.17, 15) is 4.79 Å². The molecule has 0 unspecified atom stereocenters. The molecule has 4 nitrogen and oxygen atoms in total.